The lowest BCUT2D eigenvalue weighted by Gasteiger charge is -1.97. The first-order chi connectivity index (χ1) is 7.25. The number of rotatable bonds is 4. The lowest BCUT2D eigenvalue weighted by atomic mass is 10.3. The van der Waals surface area contributed by atoms with Crippen LogP contribution in [0.2, 0.25) is 0 Å². The standard InChI is InChI=1S/C9H9N3O2S/c13-12(14)8-6-10-11(7-8)4-3-9-2-1-5-15-9/h1-2,5-7H,3-4H2. The Hall–Kier alpha value is -1.69. The molecule has 0 N–H and O–H groups in total. The first kappa shape index (κ1) is 9.85. The lowest BCUT2D eigenvalue weighted by molar-refractivity contribution is -0.385. The molecule has 0 aromatic carbocycles. The van der Waals surface area contributed by atoms with Crippen LogP contribution in [0.3, 0.4) is 0 Å². The summed E-state index contributed by atoms with van der Waals surface area (Å²) in [7, 11) is 0. The first-order valence-corrected chi connectivity index (χ1v) is 5.33. The number of hydrogen-bond donors (Lipinski definition) is 0. The van der Waals surface area contributed by atoms with Crippen molar-refractivity contribution in [3.8, 4) is 0 Å². The van der Waals surface area contributed by atoms with Crippen LogP contribution in [0.25, 0.3) is 0 Å². The third kappa shape index (κ3) is 2.41. The monoisotopic (exact) mass is 223 g/mol. The lowest BCUT2D eigenvalue weighted by Crippen LogP contribution is -2.00. The number of hydrogen-bond acceptors (Lipinski definition) is 4. The Morgan fingerprint density at radius 1 is 1.60 bits per heavy atom. The Bertz CT molecular complexity index is 450. The molecule has 6 heteroatoms. The molecule has 0 fully saturated rings. The van der Waals surface area contributed by atoms with Crippen LogP contribution in [0.5, 0.6) is 0 Å². The van der Waals surface area contributed by atoms with Crippen LogP contribution < -0.4 is 0 Å². The van der Waals surface area contributed by atoms with Crippen LogP contribution in [0, 0.1) is 10.1 Å². The van der Waals surface area contributed by atoms with Crippen LogP contribution >= 0.6 is 11.3 Å². The van der Waals surface area contributed by atoms with E-state index in [1.807, 2.05) is 17.5 Å². The molecule has 0 aliphatic heterocycles. The summed E-state index contributed by atoms with van der Waals surface area (Å²) in [5.41, 5.74) is 0.0428. The second kappa shape index (κ2) is 4.22. The molecule has 5 nitrogen and oxygen atoms in total. The highest BCUT2D eigenvalue weighted by molar-refractivity contribution is 7.09. The van der Waals surface area contributed by atoms with Crippen molar-refractivity contribution in [1.29, 1.82) is 0 Å². The van der Waals surface area contributed by atoms with Crippen molar-refractivity contribution in [2.24, 2.45) is 0 Å². The Morgan fingerprint density at radius 3 is 3.07 bits per heavy atom. The highest BCUT2D eigenvalue weighted by atomic mass is 32.1. The van der Waals surface area contributed by atoms with Crippen LogP contribution in [-0.4, -0.2) is 14.7 Å². The molecule has 0 amide bonds. The van der Waals surface area contributed by atoms with E-state index in [1.54, 1.807) is 16.0 Å². The first-order valence-electron chi connectivity index (χ1n) is 4.45. The van der Waals surface area contributed by atoms with Gasteiger partial charge in [0, 0.05) is 17.8 Å². The smallest absolute Gasteiger partial charge is 0.265 e. The fourth-order valence-corrected chi connectivity index (χ4v) is 1.95. The molecule has 0 spiro atoms. The summed E-state index contributed by atoms with van der Waals surface area (Å²) in [4.78, 5) is 11.2. The molecule has 0 saturated carbocycles. The molecule has 0 radical (unpaired) electrons. The predicted octanol–water partition coefficient (Wildman–Crippen LogP) is 2.10. The molecule has 0 bridgehead atoms. The molecule has 0 atom stereocenters. The van der Waals surface area contributed by atoms with Gasteiger partial charge in [0.05, 0.1) is 4.92 Å². The van der Waals surface area contributed by atoms with E-state index in [0.717, 1.165) is 6.42 Å². The maximum absolute atomic E-state index is 10.4. The maximum Gasteiger partial charge on any atom is 0.306 e. The van der Waals surface area contributed by atoms with E-state index in [-0.39, 0.29) is 5.69 Å². The molecule has 0 saturated heterocycles. The third-order valence-electron chi connectivity index (χ3n) is 2.00. The molecule has 2 aromatic rings. The van der Waals surface area contributed by atoms with Crippen LogP contribution in [0.4, 0.5) is 5.69 Å². The van der Waals surface area contributed by atoms with Crippen molar-refractivity contribution < 1.29 is 4.92 Å². The van der Waals surface area contributed by atoms with E-state index in [2.05, 4.69) is 5.10 Å². The minimum absolute atomic E-state index is 0.0428. The van der Waals surface area contributed by atoms with Crippen molar-refractivity contribution >= 4 is 17.0 Å². The number of nitrogens with zero attached hydrogens (tertiary/aromatic N) is 3. The van der Waals surface area contributed by atoms with E-state index in [9.17, 15) is 10.1 Å². The molecule has 0 unspecified atom stereocenters. The fourth-order valence-electron chi connectivity index (χ4n) is 1.25. The predicted molar refractivity (Wildman–Crippen MR) is 56.9 cm³/mol. The van der Waals surface area contributed by atoms with E-state index in [1.165, 1.54) is 17.3 Å². The topological polar surface area (TPSA) is 61.0 Å². The van der Waals surface area contributed by atoms with Crippen molar-refractivity contribution in [2.45, 2.75) is 13.0 Å². The third-order valence-corrected chi connectivity index (χ3v) is 2.93. The van der Waals surface area contributed by atoms with Gasteiger partial charge in [-0.05, 0) is 11.4 Å². The minimum atomic E-state index is -0.436. The van der Waals surface area contributed by atoms with Crippen LogP contribution in [0.1, 0.15) is 4.88 Å². The molecule has 2 heterocycles. The van der Waals surface area contributed by atoms with Crippen LogP contribution in [-0.2, 0) is 13.0 Å². The van der Waals surface area contributed by atoms with Gasteiger partial charge >= 0.3 is 5.69 Å². The summed E-state index contributed by atoms with van der Waals surface area (Å²) in [6.45, 7) is 0.675. The van der Waals surface area contributed by atoms with Gasteiger partial charge in [-0.3, -0.25) is 14.8 Å². The summed E-state index contributed by atoms with van der Waals surface area (Å²) in [5.74, 6) is 0. The summed E-state index contributed by atoms with van der Waals surface area (Å²) in [5, 5.41) is 16.3. The van der Waals surface area contributed by atoms with Crippen molar-refractivity contribution in [3.05, 3.63) is 44.9 Å². The Labute approximate surface area is 90.1 Å². The average molecular weight is 223 g/mol. The SMILES string of the molecule is O=[N+]([O-])c1cnn(CCc2cccs2)c1. The van der Waals surface area contributed by atoms with Crippen molar-refractivity contribution in [1.82, 2.24) is 9.78 Å². The van der Waals surface area contributed by atoms with E-state index < -0.39 is 4.92 Å². The molecule has 0 aliphatic rings. The average Bonchev–Trinajstić information content (AvgIpc) is 2.86. The number of aryl methyl sites for hydroxylation is 2. The zero-order valence-electron chi connectivity index (χ0n) is 7.87. The number of nitro groups is 1. The second-order valence-electron chi connectivity index (χ2n) is 3.05. The van der Waals surface area contributed by atoms with Gasteiger partial charge in [-0.15, -0.1) is 11.3 Å². The van der Waals surface area contributed by atoms with Gasteiger partial charge < -0.3 is 0 Å². The second-order valence-corrected chi connectivity index (χ2v) is 4.08. The maximum atomic E-state index is 10.4. The van der Waals surface area contributed by atoms with E-state index in [0.29, 0.717) is 6.54 Å². The zero-order valence-corrected chi connectivity index (χ0v) is 8.68. The molecular formula is C9H9N3O2S. The molecule has 2 rings (SSSR count). The van der Waals surface area contributed by atoms with Gasteiger partial charge in [0.1, 0.15) is 12.4 Å². The number of thiophene rings is 1. The number of aromatic nitrogens is 2. The quantitative estimate of drug-likeness (QED) is 0.589. The summed E-state index contributed by atoms with van der Waals surface area (Å²) in [6, 6.07) is 4.04. The van der Waals surface area contributed by atoms with Gasteiger partial charge in [-0.1, -0.05) is 6.07 Å². The van der Waals surface area contributed by atoms with E-state index in [4.69, 9.17) is 0 Å². The molecule has 15 heavy (non-hydrogen) atoms. The molecule has 0 aliphatic carbocycles. The van der Waals surface area contributed by atoms with Gasteiger partial charge in [-0.2, -0.15) is 5.10 Å². The summed E-state index contributed by atoms with van der Waals surface area (Å²) < 4.78 is 1.60. The van der Waals surface area contributed by atoms with Gasteiger partial charge in [0.25, 0.3) is 0 Å². The summed E-state index contributed by atoms with van der Waals surface area (Å²) in [6.07, 6.45) is 3.58. The molecule has 2 aromatic heterocycles. The zero-order chi connectivity index (χ0) is 10.7. The van der Waals surface area contributed by atoms with Crippen molar-refractivity contribution in [2.75, 3.05) is 0 Å². The van der Waals surface area contributed by atoms with Gasteiger partial charge in [-0.25, -0.2) is 0 Å². The van der Waals surface area contributed by atoms with Crippen LogP contribution in [0.15, 0.2) is 29.9 Å². The normalized spacial score (nSPS) is 10.4. The summed E-state index contributed by atoms with van der Waals surface area (Å²) >= 11 is 1.68. The highest BCUT2D eigenvalue weighted by Crippen LogP contribution is 2.12. The van der Waals surface area contributed by atoms with E-state index >= 15 is 0 Å². The highest BCUT2D eigenvalue weighted by Gasteiger charge is 2.08. The Morgan fingerprint density at radius 2 is 2.47 bits per heavy atom. The largest absolute Gasteiger partial charge is 0.306 e. The van der Waals surface area contributed by atoms with Gasteiger partial charge in [0.15, 0.2) is 0 Å². The van der Waals surface area contributed by atoms with Gasteiger partial charge in [0.2, 0.25) is 0 Å². The molecular weight excluding hydrogens is 214 g/mol. The Kier molecular flexibility index (Phi) is 2.77. The fraction of sp³-hybridized carbons (Fsp3) is 0.222. The van der Waals surface area contributed by atoms with Crippen molar-refractivity contribution in [3.63, 3.8) is 0 Å². The minimum Gasteiger partial charge on any atom is -0.265 e. The Balaban J connectivity index is 1.96. The molecule has 78 valence electrons.